The van der Waals surface area contributed by atoms with Crippen molar-refractivity contribution in [1.82, 2.24) is 4.98 Å². The molecule has 0 spiro atoms. The van der Waals surface area contributed by atoms with E-state index < -0.39 is 24.6 Å². The molecule has 4 N–H and O–H groups in total. The molecule has 2 unspecified atom stereocenters. The number of pyridine rings is 1. The summed E-state index contributed by atoms with van der Waals surface area (Å²) in [5.41, 5.74) is 0.699. The predicted molar refractivity (Wildman–Crippen MR) is 67.8 cm³/mol. The maximum atomic E-state index is 11.6. The van der Waals surface area contributed by atoms with E-state index in [2.05, 4.69) is 4.98 Å². The molecular formula is C13H13NO5. The second-order valence-electron chi connectivity index (χ2n) is 4.26. The van der Waals surface area contributed by atoms with Crippen molar-refractivity contribution in [2.45, 2.75) is 18.6 Å². The van der Waals surface area contributed by atoms with E-state index in [1.165, 1.54) is 24.4 Å². The Hall–Kier alpha value is -2.18. The quantitative estimate of drug-likeness (QED) is 0.638. The van der Waals surface area contributed by atoms with Crippen LogP contribution in [0.2, 0.25) is 0 Å². The first kappa shape index (κ1) is 13.3. The average Bonchev–Trinajstić information content (AvgIpc) is 2.37. The Bertz CT molecular complexity index is 663. The van der Waals surface area contributed by atoms with E-state index in [1.54, 1.807) is 6.07 Å². The number of hydrogen-bond donors (Lipinski definition) is 4. The lowest BCUT2D eigenvalue weighted by atomic mass is 10.0. The fourth-order valence-corrected chi connectivity index (χ4v) is 1.89. The molecule has 6 heteroatoms. The lowest BCUT2D eigenvalue weighted by molar-refractivity contribution is -0.141. The normalized spacial score (nSPS) is 14.2. The van der Waals surface area contributed by atoms with Gasteiger partial charge in [-0.2, -0.15) is 0 Å². The van der Waals surface area contributed by atoms with Gasteiger partial charge in [-0.15, -0.1) is 0 Å². The molecule has 1 aromatic heterocycles. The number of fused-ring (bicyclic) bond motifs is 1. The summed E-state index contributed by atoms with van der Waals surface area (Å²) < 4.78 is 0. The number of H-pyrrole nitrogens is 1. The summed E-state index contributed by atoms with van der Waals surface area (Å²) in [6.07, 6.45) is -1.82. The SMILES string of the molecule is O=C(O)CC(O)C(O)c1ccc2[nH]ccc(=O)c2c1. The molecule has 0 bridgehead atoms. The molecule has 0 amide bonds. The van der Waals surface area contributed by atoms with Gasteiger partial charge in [-0.3, -0.25) is 9.59 Å². The number of carboxylic acids is 1. The molecule has 19 heavy (non-hydrogen) atoms. The highest BCUT2D eigenvalue weighted by Crippen LogP contribution is 2.21. The van der Waals surface area contributed by atoms with Crippen LogP contribution in [0.15, 0.2) is 35.3 Å². The molecule has 0 saturated heterocycles. The molecule has 2 aromatic rings. The van der Waals surface area contributed by atoms with Crippen molar-refractivity contribution in [2.75, 3.05) is 0 Å². The monoisotopic (exact) mass is 263 g/mol. The van der Waals surface area contributed by atoms with Gasteiger partial charge in [0.15, 0.2) is 5.43 Å². The number of aromatic amines is 1. The molecule has 6 nitrogen and oxygen atoms in total. The number of aliphatic carboxylic acids is 1. The molecule has 2 atom stereocenters. The Balaban J connectivity index is 2.38. The third kappa shape index (κ3) is 2.81. The Morgan fingerprint density at radius 2 is 2.00 bits per heavy atom. The lowest BCUT2D eigenvalue weighted by Gasteiger charge is -2.16. The number of aromatic nitrogens is 1. The number of hydrogen-bond acceptors (Lipinski definition) is 4. The molecule has 0 radical (unpaired) electrons. The van der Waals surface area contributed by atoms with Crippen LogP contribution < -0.4 is 5.43 Å². The average molecular weight is 263 g/mol. The second-order valence-corrected chi connectivity index (χ2v) is 4.26. The van der Waals surface area contributed by atoms with Gasteiger partial charge >= 0.3 is 5.97 Å². The standard InChI is InChI=1S/C13H13NO5/c15-10-3-4-14-9-2-1-7(5-8(9)10)13(19)11(16)6-12(17)18/h1-5,11,13,16,19H,6H2,(H,14,15)(H,17,18). The van der Waals surface area contributed by atoms with Crippen molar-refractivity contribution in [3.63, 3.8) is 0 Å². The molecule has 0 aliphatic heterocycles. The van der Waals surface area contributed by atoms with Crippen LogP contribution >= 0.6 is 0 Å². The second kappa shape index (κ2) is 5.21. The van der Waals surface area contributed by atoms with E-state index in [-0.39, 0.29) is 5.43 Å². The number of benzene rings is 1. The number of aliphatic hydroxyl groups is 2. The van der Waals surface area contributed by atoms with Crippen molar-refractivity contribution in [2.24, 2.45) is 0 Å². The minimum Gasteiger partial charge on any atom is -0.481 e. The maximum absolute atomic E-state index is 11.6. The maximum Gasteiger partial charge on any atom is 0.306 e. The molecule has 0 fully saturated rings. The topological polar surface area (TPSA) is 111 Å². The van der Waals surface area contributed by atoms with Crippen molar-refractivity contribution < 1.29 is 20.1 Å². The van der Waals surface area contributed by atoms with Crippen LogP contribution in [0.25, 0.3) is 10.9 Å². The molecule has 0 aliphatic carbocycles. The summed E-state index contributed by atoms with van der Waals surface area (Å²) in [5.74, 6) is -1.20. The molecule has 1 heterocycles. The number of carbonyl (C=O) groups is 1. The Morgan fingerprint density at radius 3 is 2.68 bits per heavy atom. The molecule has 2 rings (SSSR count). The van der Waals surface area contributed by atoms with Crippen molar-refractivity contribution in [3.8, 4) is 0 Å². The molecule has 1 aromatic carbocycles. The first-order valence-corrected chi connectivity index (χ1v) is 5.68. The molecule has 0 saturated carbocycles. The number of carboxylic acid groups (broad SMARTS) is 1. The van der Waals surface area contributed by atoms with E-state index >= 15 is 0 Å². The van der Waals surface area contributed by atoms with E-state index in [9.17, 15) is 19.8 Å². The van der Waals surface area contributed by atoms with Crippen LogP contribution in [0.3, 0.4) is 0 Å². The Labute approximate surface area is 107 Å². The van der Waals surface area contributed by atoms with Gasteiger partial charge in [-0.1, -0.05) is 6.07 Å². The van der Waals surface area contributed by atoms with Gasteiger partial charge in [0.2, 0.25) is 0 Å². The highest BCUT2D eigenvalue weighted by molar-refractivity contribution is 5.79. The van der Waals surface area contributed by atoms with Crippen LogP contribution in [0.4, 0.5) is 0 Å². The fourth-order valence-electron chi connectivity index (χ4n) is 1.89. The zero-order valence-electron chi connectivity index (χ0n) is 9.91. The van der Waals surface area contributed by atoms with E-state index in [1.807, 2.05) is 0 Å². The highest BCUT2D eigenvalue weighted by atomic mass is 16.4. The van der Waals surface area contributed by atoms with Gasteiger partial charge < -0.3 is 20.3 Å². The smallest absolute Gasteiger partial charge is 0.306 e. The highest BCUT2D eigenvalue weighted by Gasteiger charge is 2.21. The lowest BCUT2D eigenvalue weighted by Crippen LogP contribution is -2.21. The third-order valence-electron chi connectivity index (χ3n) is 2.87. The minimum atomic E-state index is -1.42. The van der Waals surface area contributed by atoms with Crippen LogP contribution in [0.5, 0.6) is 0 Å². The van der Waals surface area contributed by atoms with Gasteiger partial charge in [0.25, 0.3) is 0 Å². The van der Waals surface area contributed by atoms with Crippen LogP contribution in [0, 0.1) is 0 Å². The van der Waals surface area contributed by atoms with Gasteiger partial charge in [-0.25, -0.2) is 0 Å². The number of nitrogens with one attached hydrogen (secondary N) is 1. The van der Waals surface area contributed by atoms with Gasteiger partial charge in [0, 0.05) is 23.2 Å². The minimum absolute atomic E-state index is 0.212. The van der Waals surface area contributed by atoms with Gasteiger partial charge in [0.1, 0.15) is 6.10 Å². The molecule has 100 valence electrons. The van der Waals surface area contributed by atoms with Crippen molar-refractivity contribution >= 4 is 16.9 Å². The molecular weight excluding hydrogens is 250 g/mol. The fraction of sp³-hybridized carbons (Fsp3) is 0.231. The summed E-state index contributed by atoms with van der Waals surface area (Å²) in [7, 11) is 0. The first-order chi connectivity index (χ1) is 8.99. The van der Waals surface area contributed by atoms with Crippen LogP contribution in [0.1, 0.15) is 18.1 Å². The summed E-state index contributed by atoms with van der Waals surface area (Å²) >= 11 is 0. The number of aliphatic hydroxyl groups excluding tert-OH is 2. The Kier molecular flexibility index (Phi) is 3.64. The van der Waals surface area contributed by atoms with E-state index in [4.69, 9.17) is 5.11 Å². The first-order valence-electron chi connectivity index (χ1n) is 5.68. The summed E-state index contributed by atoms with van der Waals surface area (Å²) in [5, 5.41) is 28.4. The summed E-state index contributed by atoms with van der Waals surface area (Å²) in [6.45, 7) is 0. The Morgan fingerprint density at radius 1 is 1.26 bits per heavy atom. The summed E-state index contributed by atoms with van der Waals surface area (Å²) in [4.78, 5) is 25.0. The van der Waals surface area contributed by atoms with Crippen LogP contribution in [-0.2, 0) is 4.79 Å². The van der Waals surface area contributed by atoms with E-state index in [0.29, 0.717) is 16.5 Å². The third-order valence-corrected chi connectivity index (χ3v) is 2.87. The zero-order valence-corrected chi connectivity index (χ0v) is 9.91. The van der Waals surface area contributed by atoms with Crippen molar-refractivity contribution in [1.29, 1.82) is 0 Å². The van der Waals surface area contributed by atoms with E-state index in [0.717, 1.165) is 0 Å². The van der Waals surface area contributed by atoms with Gasteiger partial charge in [-0.05, 0) is 17.7 Å². The molecule has 0 aliphatic rings. The zero-order chi connectivity index (χ0) is 14.0. The van der Waals surface area contributed by atoms with Crippen LogP contribution in [-0.4, -0.2) is 32.4 Å². The van der Waals surface area contributed by atoms with Crippen molar-refractivity contribution in [3.05, 3.63) is 46.2 Å². The predicted octanol–water partition coefficient (Wildman–Crippen LogP) is 0.397. The summed E-state index contributed by atoms with van der Waals surface area (Å²) in [6, 6.07) is 5.94. The largest absolute Gasteiger partial charge is 0.481 e. The number of rotatable bonds is 4. The van der Waals surface area contributed by atoms with Gasteiger partial charge in [0.05, 0.1) is 12.5 Å².